The molecule has 7 heteroatoms. The van der Waals surface area contributed by atoms with E-state index in [2.05, 4.69) is 15.5 Å². The second-order valence-corrected chi connectivity index (χ2v) is 3.51. The molecule has 0 spiro atoms. The van der Waals surface area contributed by atoms with Crippen LogP contribution in [0.15, 0.2) is 30.3 Å². The van der Waals surface area contributed by atoms with Crippen LogP contribution in [0.3, 0.4) is 0 Å². The fraction of sp³-hybridized carbons (Fsp3) is 0. The fourth-order valence-corrected chi connectivity index (χ4v) is 1.52. The number of anilines is 1. The fourth-order valence-electron chi connectivity index (χ4n) is 1.52. The molecule has 0 fully saturated rings. The van der Waals surface area contributed by atoms with Gasteiger partial charge in [0.25, 0.3) is 0 Å². The minimum Gasteiger partial charge on any atom is -0.477 e. The Morgan fingerprint density at radius 1 is 1.33 bits per heavy atom. The Bertz CT molecular complexity index is 606. The lowest BCUT2D eigenvalue weighted by molar-refractivity contribution is 0.0690. The number of nitrogens with one attached hydrogen (secondary N) is 2. The summed E-state index contributed by atoms with van der Waals surface area (Å²) in [5.41, 5.74) is 6.49. The Labute approximate surface area is 102 Å². The number of primary amides is 1. The number of H-pyrrole nitrogens is 1. The summed E-state index contributed by atoms with van der Waals surface area (Å²) in [5, 5.41) is 17.5. The molecule has 7 nitrogen and oxygen atoms in total. The molecule has 0 unspecified atom stereocenters. The summed E-state index contributed by atoms with van der Waals surface area (Å²) < 4.78 is 0. The van der Waals surface area contributed by atoms with Gasteiger partial charge in [-0.2, -0.15) is 5.10 Å². The SMILES string of the molecule is NC(=O)Nc1ccccc1-c1cc(C(=O)O)[nH]n1. The molecule has 0 bridgehead atoms. The van der Waals surface area contributed by atoms with Crippen LogP contribution in [0, 0.1) is 0 Å². The third kappa shape index (κ3) is 2.29. The Kier molecular flexibility index (Phi) is 2.96. The first kappa shape index (κ1) is 11.6. The summed E-state index contributed by atoms with van der Waals surface area (Å²) >= 11 is 0. The van der Waals surface area contributed by atoms with E-state index in [1.165, 1.54) is 6.07 Å². The van der Waals surface area contributed by atoms with Crippen LogP contribution in [-0.4, -0.2) is 27.3 Å². The number of nitrogens with zero attached hydrogens (tertiary/aromatic N) is 1. The number of benzene rings is 1. The Hall–Kier alpha value is -2.83. The number of aromatic nitrogens is 2. The highest BCUT2D eigenvalue weighted by Gasteiger charge is 2.12. The lowest BCUT2D eigenvalue weighted by Gasteiger charge is -2.06. The van der Waals surface area contributed by atoms with E-state index in [1.54, 1.807) is 24.3 Å². The number of carbonyl (C=O) groups is 2. The van der Waals surface area contributed by atoms with Crippen molar-refractivity contribution in [2.75, 3.05) is 5.32 Å². The zero-order valence-corrected chi connectivity index (χ0v) is 9.18. The molecule has 2 amide bonds. The summed E-state index contributed by atoms with van der Waals surface area (Å²) in [7, 11) is 0. The molecule has 5 N–H and O–H groups in total. The normalized spacial score (nSPS) is 10.0. The maximum atomic E-state index is 10.9. The summed E-state index contributed by atoms with van der Waals surface area (Å²) in [4.78, 5) is 21.6. The van der Waals surface area contributed by atoms with E-state index < -0.39 is 12.0 Å². The molecule has 0 aliphatic rings. The number of aromatic amines is 1. The summed E-state index contributed by atoms with van der Waals surface area (Å²) in [6.07, 6.45) is 0. The molecule has 0 atom stereocenters. The smallest absolute Gasteiger partial charge is 0.353 e. The van der Waals surface area contributed by atoms with Gasteiger partial charge in [0, 0.05) is 5.56 Å². The number of hydrogen-bond acceptors (Lipinski definition) is 3. The molecular formula is C11H10N4O3. The second-order valence-electron chi connectivity index (χ2n) is 3.51. The maximum Gasteiger partial charge on any atom is 0.353 e. The predicted molar refractivity (Wildman–Crippen MR) is 64.2 cm³/mol. The van der Waals surface area contributed by atoms with Gasteiger partial charge >= 0.3 is 12.0 Å². The molecule has 0 saturated carbocycles. The van der Waals surface area contributed by atoms with E-state index >= 15 is 0 Å². The average molecular weight is 246 g/mol. The number of urea groups is 1. The Morgan fingerprint density at radius 2 is 2.06 bits per heavy atom. The van der Waals surface area contributed by atoms with Crippen LogP contribution in [0.1, 0.15) is 10.5 Å². The molecule has 92 valence electrons. The van der Waals surface area contributed by atoms with Crippen LogP contribution in [0.2, 0.25) is 0 Å². The van der Waals surface area contributed by atoms with Crippen molar-refractivity contribution in [2.45, 2.75) is 0 Å². The third-order valence-electron chi connectivity index (χ3n) is 2.27. The van der Waals surface area contributed by atoms with Gasteiger partial charge < -0.3 is 16.2 Å². The van der Waals surface area contributed by atoms with Gasteiger partial charge in [0.15, 0.2) is 0 Å². The monoisotopic (exact) mass is 246 g/mol. The topological polar surface area (TPSA) is 121 Å². The van der Waals surface area contributed by atoms with Crippen LogP contribution < -0.4 is 11.1 Å². The van der Waals surface area contributed by atoms with E-state index in [4.69, 9.17) is 10.8 Å². The molecule has 0 aliphatic heterocycles. The molecule has 1 heterocycles. The minimum atomic E-state index is -1.10. The number of aromatic carboxylic acids is 1. The highest BCUT2D eigenvalue weighted by molar-refractivity contribution is 5.94. The van der Waals surface area contributed by atoms with E-state index in [9.17, 15) is 9.59 Å². The number of carboxylic acid groups (broad SMARTS) is 1. The van der Waals surface area contributed by atoms with E-state index in [0.29, 0.717) is 16.9 Å². The highest BCUT2D eigenvalue weighted by atomic mass is 16.4. The molecule has 1 aromatic carbocycles. The molecule has 1 aromatic heterocycles. The van der Waals surface area contributed by atoms with Gasteiger partial charge in [-0.1, -0.05) is 18.2 Å². The van der Waals surface area contributed by atoms with Crippen molar-refractivity contribution in [3.05, 3.63) is 36.0 Å². The summed E-state index contributed by atoms with van der Waals surface area (Å²) in [5.74, 6) is -1.10. The first-order chi connectivity index (χ1) is 8.58. The van der Waals surface area contributed by atoms with Gasteiger partial charge in [0.05, 0.1) is 11.4 Å². The van der Waals surface area contributed by atoms with Gasteiger partial charge in [-0.15, -0.1) is 0 Å². The minimum absolute atomic E-state index is 0.0288. The van der Waals surface area contributed by atoms with Gasteiger partial charge in [-0.05, 0) is 12.1 Å². The lowest BCUT2D eigenvalue weighted by atomic mass is 10.1. The highest BCUT2D eigenvalue weighted by Crippen LogP contribution is 2.26. The van der Waals surface area contributed by atoms with Crippen LogP contribution >= 0.6 is 0 Å². The molecule has 2 aromatic rings. The predicted octanol–water partition coefficient (Wildman–Crippen LogP) is 1.27. The zero-order chi connectivity index (χ0) is 13.1. The Balaban J connectivity index is 2.42. The van der Waals surface area contributed by atoms with Crippen molar-refractivity contribution in [3.63, 3.8) is 0 Å². The van der Waals surface area contributed by atoms with Crippen molar-refractivity contribution in [1.29, 1.82) is 0 Å². The first-order valence-corrected chi connectivity index (χ1v) is 5.02. The summed E-state index contributed by atoms with van der Waals surface area (Å²) in [6, 6.07) is 7.50. The number of rotatable bonds is 3. The van der Waals surface area contributed by atoms with Crippen molar-refractivity contribution >= 4 is 17.7 Å². The Morgan fingerprint density at radius 3 is 2.67 bits per heavy atom. The van der Waals surface area contributed by atoms with Crippen LogP contribution in [-0.2, 0) is 0 Å². The number of para-hydroxylation sites is 1. The zero-order valence-electron chi connectivity index (χ0n) is 9.18. The molecular weight excluding hydrogens is 236 g/mol. The largest absolute Gasteiger partial charge is 0.477 e. The number of hydrogen-bond donors (Lipinski definition) is 4. The average Bonchev–Trinajstić information content (AvgIpc) is 2.78. The van der Waals surface area contributed by atoms with Gasteiger partial charge in [0.1, 0.15) is 5.69 Å². The molecule has 2 rings (SSSR count). The van der Waals surface area contributed by atoms with E-state index in [-0.39, 0.29) is 5.69 Å². The van der Waals surface area contributed by atoms with Gasteiger partial charge in [-0.25, -0.2) is 9.59 Å². The first-order valence-electron chi connectivity index (χ1n) is 5.02. The van der Waals surface area contributed by atoms with Crippen molar-refractivity contribution < 1.29 is 14.7 Å². The second kappa shape index (κ2) is 4.58. The van der Waals surface area contributed by atoms with Gasteiger partial charge in [-0.3, -0.25) is 5.10 Å². The molecule has 0 radical (unpaired) electrons. The van der Waals surface area contributed by atoms with Crippen LogP contribution in [0.25, 0.3) is 11.3 Å². The van der Waals surface area contributed by atoms with Crippen LogP contribution in [0.4, 0.5) is 10.5 Å². The maximum absolute atomic E-state index is 10.9. The number of nitrogens with two attached hydrogens (primary N) is 1. The molecule has 0 aliphatic carbocycles. The number of carbonyl (C=O) groups excluding carboxylic acids is 1. The standard InChI is InChI=1S/C11H10N4O3/c12-11(18)13-7-4-2-1-3-6(7)8-5-9(10(16)17)15-14-8/h1-5H,(H,14,15)(H,16,17)(H3,12,13,18). The summed E-state index contributed by atoms with van der Waals surface area (Å²) in [6.45, 7) is 0. The quantitative estimate of drug-likeness (QED) is 0.651. The number of carboxylic acids is 1. The molecule has 0 saturated heterocycles. The van der Waals surface area contributed by atoms with Crippen molar-refractivity contribution in [2.24, 2.45) is 5.73 Å². The van der Waals surface area contributed by atoms with Crippen molar-refractivity contribution in [3.8, 4) is 11.3 Å². The molecule has 18 heavy (non-hydrogen) atoms. The lowest BCUT2D eigenvalue weighted by Crippen LogP contribution is -2.19. The van der Waals surface area contributed by atoms with Gasteiger partial charge in [0.2, 0.25) is 0 Å². The van der Waals surface area contributed by atoms with E-state index in [0.717, 1.165) is 0 Å². The third-order valence-corrected chi connectivity index (χ3v) is 2.27. The van der Waals surface area contributed by atoms with Crippen LogP contribution in [0.5, 0.6) is 0 Å². The number of amides is 2. The van der Waals surface area contributed by atoms with Crippen molar-refractivity contribution in [1.82, 2.24) is 10.2 Å². The van der Waals surface area contributed by atoms with E-state index in [1.807, 2.05) is 0 Å².